The van der Waals surface area contributed by atoms with E-state index < -0.39 is 15.8 Å². The summed E-state index contributed by atoms with van der Waals surface area (Å²) in [6, 6.07) is 11.4. The fourth-order valence-electron chi connectivity index (χ4n) is 2.06. The van der Waals surface area contributed by atoms with E-state index in [1.165, 1.54) is 12.1 Å². The lowest BCUT2D eigenvalue weighted by Gasteiger charge is -2.12. The Morgan fingerprint density at radius 3 is 2.24 bits per heavy atom. The van der Waals surface area contributed by atoms with Crippen molar-refractivity contribution in [2.75, 3.05) is 0 Å². The minimum absolute atomic E-state index is 0.00143. The van der Waals surface area contributed by atoms with Gasteiger partial charge in [0.1, 0.15) is 5.82 Å². The van der Waals surface area contributed by atoms with E-state index in [9.17, 15) is 17.6 Å². The van der Waals surface area contributed by atoms with Crippen LogP contribution in [0.15, 0.2) is 53.4 Å². The van der Waals surface area contributed by atoms with Crippen LogP contribution in [0.1, 0.15) is 36.2 Å². The van der Waals surface area contributed by atoms with Crippen molar-refractivity contribution in [1.29, 1.82) is 0 Å². The van der Waals surface area contributed by atoms with Crippen LogP contribution in [0.3, 0.4) is 0 Å². The molecule has 0 saturated carbocycles. The highest BCUT2D eigenvalue weighted by molar-refractivity contribution is 7.89. The maximum absolute atomic E-state index is 12.9. The van der Waals surface area contributed by atoms with Crippen molar-refractivity contribution >= 4 is 15.9 Å². The molecule has 0 aliphatic rings. The van der Waals surface area contributed by atoms with Crippen LogP contribution in [0.5, 0.6) is 0 Å². The third-order valence-electron chi connectivity index (χ3n) is 3.80. The molecule has 134 valence electrons. The second kappa shape index (κ2) is 8.22. The Morgan fingerprint density at radius 2 is 1.68 bits per heavy atom. The van der Waals surface area contributed by atoms with Gasteiger partial charge in [0.2, 0.25) is 10.0 Å². The van der Waals surface area contributed by atoms with Gasteiger partial charge in [-0.15, -0.1) is 0 Å². The number of halogens is 1. The molecule has 0 aliphatic heterocycles. The summed E-state index contributed by atoms with van der Waals surface area (Å²) >= 11 is 0. The van der Waals surface area contributed by atoms with Gasteiger partial charge < -0.3 is 5.32 Å². The van der Waals surface area contributed by atoms with Crippen molar-refractivity contribution in [2.24, 2.45) is 0 Å². The highest BCUT2D eigenvalue weighted by Gasteiger charge is 2.14. The van der Waals surface area contributed by atoms with E-state index in [4.69, 9.17) is 0 Å². The smallest absolute Gasteiger partial charge is 0.251 e. The molecule has 0 unspecified atom stereocenters. The number of rotatable bonds is 7. The number of nitrogens with one attached hydrogen (secondary N) is 2. The minimum atomic E-state index is -3.72. The maximum atomic E-state index is 12.9. The zero-order chi connectivity index (χ0) is 18.4. The highest BCUT2D eigenvalue weighted by Crippen LogP contribution is 2.11. The molecule has 0 aromatic heterocycles. The van der Waals surface area contributed by atoms with E-state index >= 15 is 0 Å². The van der Waals surface area contributed by atoms with Crippen molar-refractivity contribution < 1.29 is 17.6 Å². The van der Waals surface area contributed by atoms with Gasteiger partial charge in [-0.1, -0.05) is 19.1 Å². The predicted molar refractivity (Wildman–Crippen MR) is 94.1 cm³/mol. The number of carbonyl (C=O) groups is 1. The quantitative estimate of drug-likeness (QED) is 0.793. The molecule has 0 spiro atoms. The molecule has 1 atom stereocenters. The Balaban J connectivity index is 1.99. The summed E-state index contributed by atoms with van der Waals surface area (Å²) in [6.07, 6.45) is 0.842. The normalized spacial score (nSPS) is 12.6. The van der Waals surface area contributed by atoms with Crippen LogP contribution in [-0.2, 0) is 16.6 Å². The molecule has 2 N–H and O–H groups in total. The van der Waals surface area contributed by atoms with Gasteiger partial charge in [0.25, 0.3) is 5.91 Å². The van der Waals surface area contributed by atoms with Gasteiger partial charge >= 0.3 is 0 Å². The molecule has 0 fully saturated rings. The van der Waals surface area contributed by atoms with Crippen LogP contribution in [-0.4, -0.2) is 20.4 Å². The molecule has 1 amide bonds. The molecular weight excluding hydrogens is 343 g/mol. The fourth-order valence-corrected chi connectivity index (χ4v) is 3.08. The van der Waals surface area contributed by atoms with Crippen molar-refractivity contribution in [3.8, 4) is 0 Å². The SMILES string of the molecule is CC[C@@H](C)NC(=O)c1ccc(CNS(=O)(=O)c2ccc(F)cc2)cc1. The monoisotopic (exact) mass is 364 g/mol. The number of carbonyl (C=O) groups excluding carboxylic acids is 1. The third-order valence-corrected chi connectivity index (χ3v) is 5.21. The third kappa shape index (κ3) is 5.37. The van der Waals surface area contributed by atoms with Crippen LogP contribution in [0.25, 0.3) is 0 Å². The summed E-state index contributed by atoms with van der Waals surface area (Å²) in [7, 11) is -3.72. The van der Waals surface area contributed by atoms with Gasteiger partial charge in [0, 0.05) is 18.2 Å². The molecule has 2 rings (SSSR count). The van der Waals surface area contributed by atoms with E-state index in [0.717, 1.165) is 18.6 Å². The van der Waals surface area contributed by atoms with Crippen LogP contribution in [0.2, 0.25) is 0 Å². The average Bonchev–Trinajstić information content (AvgIpc) is 2.60. The summed E-state index contributed by atoms with van der Waals surface area (Å²) in [5, 5.41) is 2.87. The van der Waals surface area contributed by atoms with E-state index in [-0.39, 0.29) is 23.4 Å². The highest BCUT2D eigenvalue weighted by atomic mass is 32.2. The second-order valence-electron chi connectivity index (χ2n) is 5.76. The largest absolute Gasteiger partial charge is 0.350 e. The number of benzene rings is 2. The van der Waals surface area contributed by atoms with Gasteiger partial charge in [-0.25, -0.2) is 17.5 Å². The molecule has 5 nitrogen and oxygen atoms in total. The molecule has 2 aromatic carbocycles. The molecule has 0 bridgehead atoms. The lowest BCUT2D eigenvalue weighted by atomic mass is 10.1. The first-order valence-electron chi connectivity index (χ1n) is 7.97. The van der Waals surface area contributed by atoms with Crippen LogP contribution >= 0.6 is 0 Å². The van der Waals surface area contributed by atoms with Gasteiger partial charge in [-0.3, -0.25) is 4.79 Å². The molecular formula is C18H21FN2O3S. The Kier molecular flexibility index (Phi) is 6.27. The van der Waals surface area contributed by atoms with Gasteiger partial charge in [-0.05, 0) is 55.3 Å². The molecule has 0 radical (unpaired) electrons. The standard InChI is InChI=1S/C18H21FN2O3S/c1-3-13(2)21-18(22)15-6-4-14(5-7-15)12-20-25(23,24)17-10-8-16(19)9-11-17/h4-11,13,20H,3,12H2,1-2H3,(H,21,22)/t13-/m1/s1. The van der Waals surface area contributed by atoms with Crippen molar-refractivity contribution in [3.05, 3.63) is 65.5 Å². The zero-order valence-corrected chi connectivity index (χ0v) is 14.9. The van der Waals surface area contributed by atoms with E-state index in [2.05, 4.69) is 10.0 Å². The molecule has 0 aliphatic carbocycles. The fraction of sp³-hybridized carbons (Fsp3) is 0.278. The van der Waals surface area contributed by atoms with Crippen molar-refractivity contribution in [3.63, 3.8) is 0 Å². The van der Waals surface area contributed by atoms with Crippen molar-refractivity contribution in [1.82, 2.24) is 10.0 Å². The molecule has 0 heterocycles. The Hall–Kier alpha value is -2.25. The summed E-state index contributed by atoms with van der Waals surface area (Å²) in [4.78, 5) is 12.0. The Bertz CT molecular complexity index is 818. The minimum Gasteiger partial charge on any atom is -0.350 e. The first-order valence-corrected chi connectivity index (χ1v) is 9.45. The Morgan fingerprint density at radius 1 is 1.08 bits per heavy atom. The van der Waals surface area contributed by atoms with Gasteiger partial charge in [0.05, 0.1) is 4.90 Å². The lowest BCUT2D eigenvalue weighted by molar-refractivity contribution is 0.0939. The van der Waals surface area contributed by atoms with Crippen LogP contribution in [0, 0.1) is 5.82 Å². The van der Waals surface area contributed by atoms with Crippen molar-refractivity contribution in [2.45, 2.75) is 37.8 Å². The Labute approximate surface area is 147 Å². The summed E-state index contributed by atoms with van der Waals surface area (Å²) in [5.41, 5.74) is 1.23. The average molecular weight is 364 g/mol. The lowest BCUT2D eigenvalue weighted by Crippen LogP contribution is -2.31. The number of hydrogen-bond acceptors (Lipinski definition) is 3. The number of amides is 1. The summed E-state index contributed by atoms with van der Waals surface area (Å²) in [5.74, 6) is -0.655. The van der Waals surface area contributed by atoms with Crippen LogP contribution in [0.4, 0.5) is 4.39 Å². The second-order valence-corrected chi connectivity index (χ2v) is 7.53. The first kappa shape index (κ1) is 19.1. The first-order chi connectivity index (χ1) is 11.8. The van der Waals surface area contributed by atoms with Gasteiger partial charge in [-0.2, -0.15) is 0 Å². The molecule has 25 heavy (non-hydrogen) atoms. The number of sulfonamides is 1. The number of hydrogen-bond donors (Lipinski definition) is 2. The van der Waals surface area contributed by atoms with Crippen LogP contribution < -0.4 is 10.0 Å². The van der Waals surface area contributed by atoms with Gasteiger partial charge in [0.15, 0.2) is 0 Å². The molecule has 0 saturated heterocycles. The predicted octanol–water partition coefficient (Wildman–Crippen LogP) is 2.83. The maximum Gasteiger partial charge on any atom is 0.251 e. The van der Waals surface area contributed by atoms with E-state index in [0.29, 0.717) is 11.1 Å². The summed E-state index contributed by atoms with van der Waals surface area (Å²) in [6.45, 7) is 3.99. The summed E-state index contributed by atoms with van der Waals surface area (Å²) < 4.78 is 39.6. The van der Waals surface area contributed by atoms with E-state index in [1.54, 1.807) is 24.3 Å². The van der Waals surface area contributed by atoms with E-state index in [1.807, 2.05) is 13.8 Å². The zero-order valence-electron chi connectivity index (χ0n) is 14.1. The molecule has 2 aromatic rings. The molecule has 7 heteroatoms. The topological polar surface area (TPSA) is 75.3 Å².